The Morgan fingerprint density at radius 3 is 2.85 bits per heavy atom. The van der Waals surface area contributed by atoms with Crippen LogP contribution in [0.25, 0.3) is 11.0 Å². The first-order valence-corrected chi connectivity index (χ1v) is 11.7. The molecule has 0 aliphatic carbocycles. The number of rotatable bonds is 10. The summed E-state index contributed by atoms with van der Waals surface area (Å²) in [5.41, 5.74) is 9.69. The average molecular weight is 466 g/mol. The van der Waals surface area contributed by atoms with Crippen LogP contribution in [0.3, 0.4) is 0 Å². The Morgan fingerprint density at radius 2 is 2.09 bits per heavy atom. The van der Waals surface area contributed by atoms with Crippen LogP contribution in [0.5, 0.6) is 0 Å². The summed E-state index contributed by atoms with van der Waals surface area (Å²) in [6, 6.07) is 10.0. The van der Waals surface area contributed by atoms with Gasteiger partial charge in [-0.25, -0.2) is 14.4 Å². The molecule has 34 heavy (non-hydrogen) atoms. The van der Waals surface area contributed by atoms with Crippen molar-refractivity contribution in [2.75, 3.05) is 39.1 Å². The fourth-order valence-corrected chi connectivity index (χ4v) is 4.14. The third-order valence-corrected chi connectivity index (χ3v) is 5.87. The monoisotopic (exact) mass is 465 g/mol. The van der Waals surface area contributed by atoms with E-state index in [0.29, 0.717) is 51.0 Å². The van der Waals surface area contributed by atoms with E-state index in [0.717, 1.165) is 48.1 Å². The molecule has 1 fully saturated rings. The van der Waals surface area contributed by atoms with Crippen LogP contribution >= 0.6 is 0 Å². The van der Waals surface area contributed by atoms with Crippen molar-refractivity contribution in [2.45, 2.75) is 45.2 Å². The zero-order valence-corrected chi connectivity index (χ0v) is 19.7. The molecule has 0 saturated carbocycles. The molecule has 3 aromatic rings. The predicted octanol–water partition coefficient (Wildman–Crippen LogP) is 3.55. The van der Waals surface area contributed by atoms with Crippen LogP contribution in [0.2, 0.25) is 0 Å². The number of hydrogen-bond acceptors (Lipinski definition) is 6. The number of methoxy groups -OCH3 is 1. The number of hydrogen-bond donors (Lipinski definition) is 1. The highest BCUT2D eigenvalue weighted by Crippen LogP contribution is 2.24. The number of unbranched alkanes of at least 4 members (excludes halogenated alkanes) is 1. The summed E-state index contributed by atoms with van der Waals surface area (Å²) in [7, 11) is 1.65. The highest BCUT2D eigenvalue weighted by Gasteiger charge is 2.20. The zero-order valence-electron chi connectivity index (χ0n) is 19.7. The smallest absolute Gasteiger partial charge is 0.151 e. The third-order valence-electron chi connectivity index (χ3n) is 5.87. The van der Waals surface area contributed by atoms with E-state index in [1.165, 1.54) is 0 Å². The van der Waals surface area contributed by atoms with Gasteiger partial charge in [-0.3, -0.25) is 0 Å². The Labute approximate surface area is 200 Å². The number of benzene rings is 1. The van der Waals surface area contributed by atoms with E-state index in [1.54, 1.807) is 7.11 Å². The Kier molecular flexibility index (Phi) is 8.47. The minimum atomic E-state index is -0.682. The van der Waals surface area contributed by atoms with Gasteiger partial charge in [-0.15, -0.1) is 0 Å². The van der Waals surface area contributed by atoms with Gasteiger partial charge in [-0.1, -0.05) is 42.2 Å². The summed E-state index contributed by atoms with van der Waals surface area (Å²) >= 11 is 0. The Balaban J connectivity index is 1.48. The van der Waals surface area contributed by atoms with Crippen molar-refractivity contribution in [3.63, 3.8) is 0 Å². The number of fused-ring (bicyclic) bond motifs is 1. The Bertz CT molecular complexity index is 1140. The molecule has 1 saturated heterocycles. The van der Waals surface area contributed by atoms with E-state index >= 15 is 0 Å². The fraction of sp³-hybridized carbons (Fsp3) is 0.462. The van der Waals surface area contributed by atoms with Crippen molar-refractivity contribution in [2.24, 2.45) is 0 Å². The van der Waals surface area contributed by atoms with Crippen molar-refractivity contribution in [1.29, 1.82) is 0 Å². The lowest BCUT2D eigenvalue weighted by molar-refractivity contribution is 0.0668. The molecule has 1 aliphatic heterocycles. The van der Waals surface area contributed by atoms with Crippen LogP contribution in [0.15, 0.2) is 36.5 Å². The molecule has 2 aromatic heterocycles. The number of nitrogens with zero attached hydrogens (tertiary/aromatic N) is 4. The first kappa shape index (κ1) is 24.1. The molecule has 1 aliphatic rings. The molecule has 180 valence electrons. The predicted molar refractivity (Wildman–Crippen MR) is 131 cm³/mol. The molecule has 0 spiro atoms. The molecule has 4 rings (SSSR count). The number of nitrogens with two attached hydrogens (primary N) is 1. The molecular weight excluding hydrogens is 433 g/mol. The number of likely N-dealkylation sites (tertiary alicyclic amines) is 1. The van der Waals surface area contributed by atoms with E-state index in [2.05, 4.69) is 21.7 Å². The van der Waals surface area contributed by atoms with Crippen molar-refractivity contribution in [1.82, 2.24) is 19.4 Å². The number of halogens is 1. The van der Waals surface area contributed by atoms with Gasteiger partial charge in [0.15, 0.2) is 5.82 Å². The molecule has 0 amide bonds. The summed E-state index contributed by atoms with van der Waals surface area (Å²) in [5, 5.41) is 0. The van der Waals surface area contributed by atoms with Gasteiger partial charge in [0.1, 0.15) is 29.8 Å². The number of nitrogen functional groups attached to an aromatic ring is 1. The molecule has 8 heteroatoms. The number of aromatic nitrogens is 3. The lowest BCUT2D eigenvalue weighted by Crippen LogP contribution is -2.22. The molecule has 0 radical (unpaired) electrons. The van der Waals surface area contributed by atoms with E-state index in [-0.39, 0.29) is 0 Å². The normalized spacial score (nSPS) is 16.1. The van der Waals surface area contributed by atoms with Crippen LogP contribution in [0.4, 0.5) is 10.2 Å². The lowest BCUT2D eigenvalue weighted by atomic mass is 10.2. The molecule has 1 atom stereocenters. The second-order valence-electron chi connectivity index (χ2n) is 8.53. The highest BCUT2D eigenvalue weighted by molar-refractivity contribution is 5.90. The summed E-state index contributed by atoms with van der Waals surface area (Å²) in [5.74, 6) is 7.56. The Hall–Kier alpha value is -2.99. The van der Waals surface area contributed by atoms with Gasteiger partial charge in [0.25, 0.3) is 0 Å². The maximum Gasteiger partial charge on any atom is 0.151 e. The zero-order chi connectivity index (χ0) is 23.8. The minimum Gasteiger partial charge on any atom is -0.384 e. The molecule has 7 nitrogen and oxygen atoms in total. The molecule has 3 heterocycles. The van der Waals surface area contributed by atoms with E-state index < -0.39 is 6.17 Å². The summed E-state index contributed by atoms with van der Waals surface area (Å²) in [4.78, 5) is 11.4. The van der Waals surface area contributed by atoms with E-state index in [1.807, 2.05) is 41.1 Å². The van der Waals surface area contributed by atoms with Crippen LogP contribution < -0.4 is 5.73 Å². The van der Waals surface area contributed by atoms with Gasteiger partial charge in [0, 0.05) is 39.2 Å². The first-order chi connectivity index (χ1) is 16.6. The van der Waals surface area contributed by atoms with Crippen molar-refractivity contribution < 1.29 is 13.9 Å². The van der Waals surface area contributed by atoms with E-state index in [4.69, 9.17) is 20.2 Å². The van der Waals surface area contributed by atoms with E-state index in [9.17, 15) is 4.39 Å². The van der Waals surface area contributed by atoms with Gasteiger partial charge in [0.2, 0.25) is 0 Å². The van der Waals surface area contributed by atoms with Gasteiger partial charge in [0.05, 0.1) is 18.8 Å². The average Bonchev–Trinajstić information content (AvgIpc) is 3.41. The van der Waals surface area contributed by atoms with Crippen LogP contribution in [0.1, 0.15) is 36.2 Å². The van der Waals surface area contributed by atoms with Crippen LogP contribution in [-0.4, -0.2) is 59.0 Å². The molecule has 0 unspecified atom stereocenters. The van der Waals surface area contributed by atoms with Crippen molar-refractivity contribution >= 4 is 16.9 Å². The van der Waals surface area contributed by atoms with Gasteiger partial charge in [-0.05, 0) is 24.9 Å². The quantitative estimate of drug-likeness (QED) is 0.364. The second kappa shape index (κ2) is 11.9. The van der Waals surface area contributed by atoms with Crippen molar-refractivity contribution in [3.8, 4) is 11.8 Å². The van der Waals surface area contributed by atoms with Crippen LogP contribution in [-0.2, 0) is 29.2 Å². The third kappa shape index (κ3) is 6.32. The maximum atomic E-state index is 13.3. The number of ether oxygens (including phenoxy) is 2. The SMILES string of the molecule is COCCc1nc(N)c2c(n1)c(C#CCCCN1CC[C@H](F)C1)cn2COCc1ccccc1. The lowest BCUT2D eigenvalue weighted by Gasteiger charge is -2.12. The maximum absolute atomic E-state index is 13.3. The fourth-order valence-electron chi connectivity index (χ4n) is 4.14. The second-order valence-corrected chi connectivity index (χ2v) is 8.53. The van der Waals surface area contributed by atoms with Gasteiger partial charge < -0.3 is 24.7 Å². The topological polar surface area (TPSA) is 78.4 Å². The largest absolute Gasteiger partial charge is 0.384 e. The standard InChI is InChI=1S/C26H32FN5O2/c1-33-15-12-23-29-24-21(10-6-3-7-13-31-14-11-22(27)17-31)16-32(25(24)26(28)30-23)19-34-18-20-8-4-2-5-9-20/h2,4-5,8-9,16,22H,3,7,11-15,17-19H2,1H3,(H2,28,29,30)/t22-/m0/s1. The molecular formula is C26H32FN5O2. The summed E-state index contributed by atoms with van der Waals surface area (Å²) in [6.07, 6.45) is 4.12. The summed E-state index contributed by atoms with van der Waals surface area (Å²) in [6.45, 7) is 3.58. The molecule has 0 bridgehead atoms. The van der Waals surface area contributed by atoms with Crippen molar-refractivity contribution in [3.05, 3.63) is 53.5 Å². The highest BCUT2D eigenvalue weighted by atomic mass is 19.1. The van der Waals surface area contributed by atoms with Gasteiger partial charge in [-0.2, -0.15) is 0 Å². The number of alkyl halides is 1. The Morgan fingerprint density at radius 1 is 1.24 bits per heavy atom. The molecule has 1 aromatic carbocycles. The first-order valence-electron chi connectivity index (χ1n) is 11.7. The minimum absolute atomic E-state index is 0.317. The van der Waals surface area contributed by atoms with Gasteiger partial charge >= 0.3 is 0 Å². The van der Waals surface area contributed by atoms with Crippen LogP contribution in [0, 0.1) is 11.8 Å². The molecule has 2 N–H and O–H groups in total. The summed E-state index contributed by atoms with van der Waals surface area (Å²) < 4.78 is 26.4. The number of anilines is 1.